The first-order valence-corrected chi connectivity index (χ1v) is 11.7. The number of sulfone groups is 1. The van der Waals surface area contributed by atoms with E-state index in [1.807, 2.05) is 0 Å². The van der Waals surface area contributed by atoms with E-state index < -0.39 is 15.2 Å². The third-order valence-electron chi connectivity index (χ3n) is 5.75. The smallest absolute Gasteiger partial charge is 0.253 e. The van der Waals surface area contributed by atoms with Crippen LogP contribution in [-0.2, 0) is 21.1 Å². The molecule has 10 heteroatoms. The number of carbonyl (C=O) groups is 1. The van der Waals surface area contributed by atoms with E-state index in [1.165, 1.54) is 0 Å². The van der Waals surface area contributed by atoms with Gasteiger partial charge in [-0.15, -0.1) is 0 Å². The molecule has 0 spiro atoms. The van der Waals surface area contributed by atoms with Crippen LogP contribution in [0.4, 0.5) is 0 Å². The number of morpholine rings is 1. The predicted octanol–water partition coefficient (Wildman–Crippen LogP) is 0.324. The molecular weight excluding hydrogens is 418 g/mol. The number of benzene rings is 1. The number of hydrogen-bond donors (Lipinski definition) is 3. The maximum absolute atomic E-state index is 13.1. The van der Waals surface area contributed by atoms with Crippen LogP contribution in [0.5, 0.6) is 0 Å². The van der Waals surface area contributed by atoms with Gasteiger partial charge in [-0.05, 0) is 29.8 Å². The van der Waals surface area contributed by atoms with Gasteiger partial charge in [0.05, 0.1) is 29.2 Å². The van der Waals surface area contributed by atoms with Crippen molar-refractivity contribution in [1.29, 1.82) is 0 Å². The summed E-state index contributed by atoms with van der Waals surface area (Å²) in [6.07, 6.45) is 5.04. The summed E-state index contributed by atoms with van der Waals surface area (Å²) in [6, 6.07) is 9.87. The molecule has 0 saturated carbocycles. The van der Waals surface area contributed by atoms with Crippen molar-refractivity contribution >= 4 is 21.4 Å². The zero-order chi connectivity index (χ0) is 21.4. The highest BCUT2D eigenvalue weighted by molar-refractivity contribution is 7.92. The molecule has 4 heterocycles. The molecule has 0 bridgehead atoms. The highest BCUT2D eigenvalue weighted by Crippen LogP contribution is 2.25. The van der Waals surface area contributed by atoms with E-state index in [9.17, 15) is 13.2 Å². The number of nitrogens with zero attached hydrogens (tertiary/aromatic N) is 2. The fourth-order valence-corrected chi connectivity index (χ4v) is 5.89. The minimum Gasteiger partial charge on any atom is -0.374 e. The lowest BCUT2D eigenvalue weighted by Gasteiger charge is -2.29. The van der Waals surface area contributed by atoms with E-state index in [-0.39, 0.29) is 22.9 Å². The molecule has 3 atom stereocenters. The molecule has 1 amide bonds. The summed E-state index contributed by atoms with van der Waals surface area (Å²) >= 11 is 0. The molecule has 31 heavy (non-hydrogen) atoms. The fraction of sp³-hybridized carbons (Fsp3) is 0.333. The van der Waals surface area contributed by atoms with E-state index in [1.54, 1.807) is 59.4 Å². The molecule has 5 rings (SSSR count). The number of imidazole rings is 1. The van der Waals surface area contributed by atoms with Crippen LogP contribution in [0.1, 0.15) is 15.9 Å². The van der Waals surface area contributed by atoms with Crippen LogP contribution in [0.2, 0.25) is 0 Å². The van der Waals surface area contributed by atoms with E-state index in [0.29, 0.717) is 31.8 Å². The third kappa shape index (κ3) is 3.83. The Kier molecular flexibility index (Phi) is 5.22. The minimum absolute atomic E-state index is 0.135. The van der Waals surface area contributed by atoms with Gasteiger partial charge < -0.3 is 19.8 Å². The van der Waals surface area contributed by atoms with Gasteiger partial charge in [0.2, 0.25) is 0 Å². The molecule has 9 nitrogen and oxygen atoms in total. The average Bonchev–Trinajstić information content (AvgIpc) is 3.44. The molecule has 2 fully saturated rings. The predicted molar refractivity (Wildman–Crippen MR) is 113 cm³/mol. The summed E-state index contributed by atoms with van der Waals surface area (Å²) in [5, 5.41) is 8.48. The molecule has 3 unspecified atom stereocenters. The first kappa shape index (κ1) is 20.1. The number of rotatable bonds is 5. The maximum Gasteiger partial charge on any atom is 0.253 e. The second-order valence-electron chi connectivity index (χ2n) is 7.70. The van der Waals surface area contributed by atoms with E-state index >= 15 is 0 Å². The number of ether oxygens (including phenoxy) is 1. The Bertz CT molecular complexity index is 1210. The van der Waals surface area contributed by atoms with Crippen molar-refractivity contribution in [2.24, 2.45) is 0 Å². The molecular formula is C21H23N5O4S. The van der Waals surface area contributed by atoms with Crippen LogP contribution >= 0.6 is 0 Å². The van der Waals surface area contributed by atoms with Gasteiger partial charge in [0.1, 0.15) is 11.0 Å². The van der Waals surface area contributed by atoms with Gasteiger partial charge in [-0.2, -0.15) is 0 Å². The second-order valence-corrected chi connectivity index (χ2v) is 9.77. The lowest BCUT2D eigenvalue weighted by molar-refractivity contribution is 0.0192. The van der Waals surface area contributed by atoms with Crippen LogP contribution in [0.25, 0.3) is 5.65 Å². The monoisotopic (exact) mass is 441 g/mol. The average molecular weight is 442 g/mol. The number of nitrogens with one attached hydrogen (secondary N) is 3. The molecule has 2 aromatic heterocycles. The summed E-state index contributed by atoms with van der Waals surface area (Å²) in [5.74, 6) is -0.211. The molecule has 0 radical (unpaired) electrons. The quantitative estimate of drug-likeness (QED) is 0.523. The minimum atomic E-state index is -3.57. The number of pyridine rings is 1. The summed E-state index contributed by atoms with van der Waals surface area (Å²) < 4.78 is 33.6. The molecule has 0 aliphatic carbocycles. The van der Waals surface area contributed by atoms with Gasteiger partial charge in [0.25, 0.3) is 5.91 Å². The van der Waals surface area contributed by atoms with Crippen LogP contribution in [0, 0.1) is 0 Å². The van der Waals surface area contributed by atoms with Crippen molar-refractivity contribution in [1.82, 2.24) is 25.3 Å². The second kappa shape index (κ2) is 8.04. The van der Waals surface area contributed by atoms with Crippen LogP contribution in [0.3, 0.4) is 0 Å². The maximum atomic E-state index is 13.1. The van der Waals surface area contributed by atoms with Crippen molar-refractivity contribution in [3.05, 3.63) is 66.1 Å². The summed E-state index contributed by atoms with van der Waals surface area (Å²) in [5.41, 5.74) is 2.10. The van der Waals surface area contributed by atoms with Crippen molar-refractivity contribution in [2.45, 2.75) is 29.0 Å². The number of hydrogen-bond acceptors (Lipinski definition) is 7. The zero-order valence-corrected chi connectivity index (χ0v) is 17.5. The van der Waals surface area contributed by atoms with Gasteiger partial charge >= 0.3 is 0 Å². The van der Waals surface area contributed by atoms with Crippen molar-refractivity contribution < 1.29 is 17.9 Å². The Morgan fingerprint density at radius 3 is 2.87 bits per heavy atom. The SMILES string of the molecule is O=C(NCc1ccc(S(=O)(=O)C2NCC3OCCNC32)cc1)c1ccc2nccn2c1. The topological polar surface area (TPSA) is 114 Å². The normalized spacial score (nSPS) is 23.5. The van der Waals surface area contributed by atoms with E-state index in [4.69, 9.17) is 4.74 Å². The largest absolute Gasteiger partial charge is 0.374 e. The Morgan fingerprint density at radius 1 is 1.19 bits per heavy atom. The molecule has 3 aromatic rings. The van der Waals surface area contributed by atoms with Crippen molar-refractivity contribution in [3.63, 3.8) is 0 Å². The van der Waals surface area contributed by atoms with E-state index in [2.05, 4.69) is 20.9 Å². The van der Waals surface area contributed by atoms with Crippen LogP contribution in [0.15, 0.2) is 59.9 Å². The lowest BCUT2D eigenvalue weighted by Crippen LogP contribution is -2.53. The standard InChI is InChI=1S/C21H23N5O4S/c27-20(15-3-6-18-22-7-9-26(18)13-15)24-11-14-1-4-16(5-2-14)31(28,29)21-19-17(12-25-21)30-10-8-23-19/h1-7,9,13,17,19,21,23,25H,8,10-12H2,(H,24,27). The fourth-order valence-electron chi connectivity index (χ4n) is 4.10. The van der Waals surface area contributed by atoms with Crippen molar-refractivity contribution in [3.8, 4) is 0 Å². The summed E-state index contributed by atoms with van der Waals surface area (Å²) in [4.78, 5) is 16.9. The number of carbonyl (C=O) groups excluding carboxylic acids is 1. The number of fused-ring (bicyclic) bond motifs is 2. The Hall–Kier alpha value is -2.79. The van der Waals surface area contributed by atoms with Crippen LogP contribution < -0.4 is 16.0 Å². The number of amides is 1. The van der Waals surface area contributed by atoms with Gasteiger partial charge in [0, 0.05) is 38.2 Å². The van der Waals surface area contributed by atoms with Gasteiger partial charge in [-0.3, -0.25) is 10.1 Å². The van der Waals surface area contributed by atoms with Crippen molar-refractivity contribution in [2.75, 3.05) is 19.7 Å². The molecule has 162 valence electrons. The Balaban J connectivity index is 1.25. The Labute approximate surface area is 179 Å². The third-order valence-corrected chi connectivity index (χ3v) is 7.81. The molecule has 2 aliphatic rings. The highest BCUT2D eigenvalue weighted by Gasteiger charge is 2.45. The Morgan fingerprint density at radius 2 is 2.03 bits per heavy atom. The summed E-state index contributed by atoms with van der Waals surface area (Å²) in [7, 11) is -3.57. The molecule has 1 aromatic carbocycles. The summed E-state index contributed by atoms with van der Waals surface area (Å²) in [6.45, 7) is 2.03. The van der Waals surface area contributed by atoms with E-state index in [0.717, 1.165) is 11.2 Å². The molecule has 2 aliphatic heterocycles. The van der Waals surface area contributed by atoms with Gasteiger partial charge in [0.15, 0.2) is 9.84 Å². The number of aromatic nitrogens is 2. The first-order valence-electron chi connectivity index (χ1n) is 10.1. The van der Waals surface area contributed by atoms with Crippen LogP contribution in [-0.4, -0.2) is 60.9 Å². The molecule has 2 saturated heterocycles. The highest BCUT2D eigenvalue weighted by atomic mass is 32.2. The zero-order valence-electron chi connectivity index (χ0n) is 16.7. The van der Waals surface area contributed by atoms with Gasteiger partial charge in [-0.25, -0.2) is 13.4 Å². The van der Waals surface area contributed by atoms with Gasteiger partial charge in [-0.1, -0.05) is 12.1 Å². The lowest BCUT2D eigenvalue weighted by atomic mass is 10.2. The first-order chi connectivity index (χ1) is 15.0. The molecule has 3 N–H and O–H groups in total.